The number of amides is 1. The van der Waals surface area contributed by atoms with Crippen molar-refractivity contribution >= 4 is 11.6 Å². The summed E-state index contributed by atoms with van der Waals surface area (Å²) in [7, 11) is 1.64. The number of likely N-dealkylation sites (tertiary alicyclic amines) is 1. The second-order valence-corrected chi connectivity index (χ2v) is 7.67. The summed E-state index contributed by atoms with van der Waals surface area (Å²) in [6.07, 6.45) is 4.01. The van der Waals surface area contributed by atoms with Gasteiger partial charge in [-0.15, -0.1) is 0 Å². The van der Waals surface area contributed by atoms with Crippen LogP contribution in [0.1, 0.15) is 25.7 Å². The number of rotatable bonds is 6. The maximum atomic E-state index is 11.9. The van der Waals surface area contributed by atoms with Crippen molar-refractivity contribution < 1.29 is 19.0 Å². The second-order valence-electron chi connectivity index (χ2n) is 7.67. The molecule has 0 aromatic heterocycles. The van der Waals surface area contributed by atoms with Crippen LogP contribution in [0.3, 0.4) is 0 Å². The Morgan fingerprint density at radius 3 is 2.58 bits per heavy atom. The van der Waals surface area contributed by atoms with Gasteiger partial charge in [0.25, 0.3) is 0 Å². The summed E-state index contributed by atoms with van der Waals surface area (Å²) in [5, 5.41) is 0. The van der Waals surface area contributed by atoms with Crippen LogP contribution in [-0.4, -0.2) is 63.9 Å². The van der Waals surface area contributed by atoms with E-state index < -0.39 is 0 Å². The lowest BCUT2D eigenvalue weighted by Crippen LogP contribution is -2.51. The minimum atomic E-state index is 0.181. The van der Waals surface area contributed by atoms with Crippen molar-refractivity contribution in [3.8, 4) is 11.5 Å². The fourth-order valence-corrected chi connectivity index (χ4v) is 4.08. The van der Waals surface area contributed by atoms with Crippen LogP contribution in [0.25, 0.3) is 0 Å². The van der Waals surface area contributed by atoms with Crippen LogP contribution >= 0.6 is 0 Å². The molecule has 3 fully saturated rings. The van der Waals surface area contributed by atoms with Gasteiger partial charge >= 0.3 is 0 Å². The van der Waals surface area contributed by atoms with Gasteiger partial charge in [-0.2, -0.15) is 0 Å². The molecule has 6 heteroatoms. The summed E-state index contributed by atoms with van der Waals surface area (Å²) in [6, 6.07) is 5.76. The van der Waals surface area contributed by atoms with Crippen molar-refractivity contribution in [2.75, 3.05) is 58.0 Å². The van der Waals surface area contributed by atoms with E-state index in [-0.39, 0.29) is 5.91 Å². The van der Waals surface area contributed by atoms with Gasteiger partial charge < -0.3 is 19.1 Å². The normalized spacial score (nSPS) is 22.5. The first-order valence-electron chi connectivity index (χ1n) is 9.60. The molecule has 3 aliphatic rings. The highest BCUT2D eigenvalue weighted by atomic mass is 16.5. The van der Waals surface area contributed by atoms with Crippen molar-refractivity contribution in [1.29, 1.82) is 0 Å². The van der Waals surface area contributed by atoms with Crippen molar-refractivity contribution in [3.63, 3.8) is 0 Å². The molecule has 1 aromatic rings. The highest BCUT2D eigenvalue weighted by molar-refractivity contribution is 5.95. The number of hydrogen-bond donors (Lipinski definition) is 0. The molecule has 0 saturated carbocycles. The van der Waals surface area contributed by atoms with Crippen molar-refractivity contribution in [3.05, 3.63) is 18.2 Å². The third kappa shape index (κ3) is 3.53. The molecule has 3 heterocycles. The van der Waals surface area contributed by atoms with Gasteiger partial charge in [0, 0.05) is 36.7 Å². The topological polar surface area (TPSA) is 51.2 Å². The van der Waals surface area contributed by atoms with Gasteiger partial charge in [0.2, 0.25) is 5.91 Å². The minimum absolute atomic E-state index is 0.181. The average Bonchev–Trinajstić information content (AvgIpc) is 3.07. The number of hydrogen-bond acceptors (Lipinski definition) is 5. The molecule has 0 unspecified atom stereocenters. The van der Waals surface area contributed by atoms with E-state index in [1.165, 1.54) is 12.8 Å². The third-order valence-corrected chi connectivity index (χ3v) is 5.93. The van der Waals surface area contributed by atoms with Gasteiger partial charge in [-0.1, -0.05) is 0 Å². The molecule has 3 saturated heterocycles. The first kappa shape index (κ1) is 17.6. The molecule has 6 nitrogen and oxygen atoms in total. The van der Waals surface area contributed by atoms with Crippen LogP contribution in [0.4, 0.5) is 5.69 Å². The number of ether oxygens (including phenoxy) is 3. The SMILES string of the molecule is COc1cc(N2CCCC2=O)ccc1OCCN1CCC2(CC1)COC2. The molecule has 1 spiro atoms. The maximum absolute atomic E-state index is 11.9. The van der Waals surface area contributed by atoms with Gasteiger partial charge in [0.1, 0.15) is 6.61 Å². The Morgan fingerprint density at radius 2 is 1.96 bits per heavy atom. The van der Waals surface area contributed by atoms with Crippen LogP contribution in [0.5, 0.6) is 11.5 Å². The van der Waals surface area contributed by atoms with E-state index in [1.54, 1.807) is 7.11 Å². The first-order valence-corrected chi connectivity index (χ1v) is 9.60. The monoisotopic (exact) mass is 360 g/mol. The smallest absolute Gasteiger partial charge is 0.227 e. The molecule has 1 aromatic carbocycles. The molecule has 0 radical (unpaired) electrons. The quantitative estimate of drug-likeness (QED) is 0.779. The van der Waals surface area contributed by atoms with Gasteiger partial charge in [-0.05, 0) is 44.5 Å². The van der Waals surface area contributed by atoms with Crippen molar-refractivity contribution in [2.45, 2.75) is 25.7 Å². The minimum Gasteiger partial charge on any atom is -0.493 e. The zero-order valence-corrected chi connectivity index (χ0v) is 15.5. The van der Waals surface area contributed by atoms with Crippen molar-refractivity contribution in [2.24, 2.45) is 5.41 Å². The Bertz CT molecular complexity index is 649. The van der Waals surface area contributed by atoms with E-state index in [1.807, 2.05) is 23.1 Å². The number of methoxy groups -OCH3 is 1. The lowest BCUT2D eigenvalue weighted by Gasteiger charge is -2.47. The third-order valence-electron chi connectivity index (χ3n) is 5.93. The molecule has 1 amide bonds. The van der Waals surface area contributed by atoms with Crippen LogP contribution in [0, 0.1) is 5.41 Å². The molecule has 0 N–H and O–H groups in total. The Balaban J connectivity index is 1.29. The van der Waals surface area contributed by atoms with Crippen molar-refractivity contribution in [1.82, 2.24) is 4.90 Å². The van der Waals surface area contributed by atoms with Crippen LogP contribution in [0.2, 0.25) is 0 Å². The second kappa shape index (κ2) is 7.45. The Hall–Kier alpha value is -1.79. The fourth-order valence-electron chi connectivity index (χ4n) is 4.08. The predicted octanol–water partition coefficient (Wildman–Crippen LogP) is 2.31. The fraction of sp³-hybridized carbons (Fsp3) is 0.650. The van der Waals surface area contributed by atoms with Gasteiger partial charge in [-0.25, -0.2) is 0 Å². The number of piperidine rings is 1. The van der Waals surface area contributed by atoms with E-state index >= 15 is 0 Å². The molecule has 142 valence electrons. The molecular formula is C20H28N2O4. The first-order chi connectivity index (χ1) is 12.7. The number of carbonyl (C=O) groups excluding carboxylic acids is 1. The van der Waals surface area contributed by atoms with E-state index in [9.17, 15) is 4.79 Å². The van der Waals surface area contributed by atoms with Gasteiger partial charge in [-0.3, -0.25) is 9.69 Å². The molecule has 26 heavy (non-hydrogen) atoms. The molecular weight excluding hydrogens is 332 g/mol. The lowest BCUT2D eigenvalue weighted by atomic mass is 9.77. The molecule has 4 rings (SSSR count). The molecule has 0 atom stereocenters. The zero-order valence-electron chi connectivity index (χ0n) is 15.5. The van der Waals surface area contributed by atoms with E-state index in [2.05, 4.69) is 4.90 Å². The van der Waals surface area contributed by atoms with E-state index in [0.29, 0.717) is 24.2 Å². The van der Waals surface area contributed by atoms with E-state index in [0.717, 1.165) is 57.3 Å². The summed E-state index contributed by atoms with van der Waals surface area (Å²) in [6.45, 7) is 6.48. The number of carbonyl (C=O) groups is 1. The van der Waals surface area contributed by atoms with Crippen LogP contribution in [0.15, 0.2) is 18.2 Å². The molecule has 0 aliphatic carbocycles. The lowest BCUT2D eigenvalue weighted by molar-refractivity contribution is -0.139. The predicted molar refractivity (Wildman–Crippen MR) is 99.0 cm³/mol. The summed E-state index contributed by atoms with van der Waals surface area (Å²) >= 11 is 0. The Labute approximate surface area is 155 Å². The Morgan fingerprint density at radius 1 is 1.15 bits per heavy atom. The van der Waals surface area contributed by atoms with Crippen LogP contribution in [-0.2, 0) is 9.53 Å². The maximum Gasteiger partial charge on any atom is 0.227 e. The average molecular weight is 360 g/mol. The molecule has 3 aliphatic heterocycles. The summed E-state index contributed by atoms with van der Waals surface area (Å²) in [5.41, 5.74) is 1.37. The number of benzene rings is 1. The van der Waals surface area contributed by atoms with Gasteiger partial charge in [0.05, 0.1) is 20.3 Å². The number of anilines is 1. The van der Waals surface area contributed by atoms with Crippen LogP contribution < -0.4 is 14.4 Å². The Kier molecular flexibility index (Phi) is 5.05. The largest absolute Gasteiger partial charge is 0.493 e. The summed E-state index contributed by atoms with van der Waals surface area (Å²) < 4.78 is 16.8. The summed E-state index contributed by atoms with van der Waals surface area (Å²) in [4.78, 5) is 16.2. The number of nitrogens with zero attached hydrogens (tertiary/aromatic N) is 2. The van der Waals surface area contributed by atoms with E-state index in [4.69, 9.17) is 14.2 Å². The highest BCUT2D eigenvalue weighted by Crippen LogP contribution is 2.38. The van der Waals surface area contributed by atoms with Gasteiger partial charge in [0.15, 0.2) is 11.5 Å². The molecule has 0 bridgehead atoms. The highest BCUT2D eigenvalue weighted by Gasteiger charge is 2.40. The summed E-state index contributed by atoms with van der Waals surface area (Å²) in [5.74, 6) is 1.61. The standard InChI is InChI=1S/C20H28N2O4/c1-24-18-13-16(22-8-2-3-19(22)23)4-5-17(18)26-12-11-21-9-6-20(7-10-21)14-25-15-20/h4-5,13H,2-3,6-12,14-15H2,1H3. The zero-order chi connectivity index (χ0) is 18.0.